The first-order valence-electron chi connectivity index (χ1n) is 6.73. The number of nitrogens with zero attached hydrogens (tertiary/aromatic N) is 3. The van der Waals surface area contributed by atoms with Gasteiger partial charge in [-0.3, -0.25) is 4.21 Å². The SMILES string of the molecule is CC(OCC(O)Cn1cnc(S(C)=O)n1)c1ccc(Cl)cc1. The molecule has 0 bridgehead atoms. The van der Waals surface area contributed by atoms with Gasteiger partial charge in [-0.2, -0.15) is 0 Å². The van der Waals surface area contributed by atoms with Crippen LogP contribution in [0, 0.1) is 0 Å². The highest BCUT2D eigenvalue weighted by molar-refractivity contribution is 7.84. The molecule has 2 aromatic rings. The summed E-state index contributed by atoms with van der Waals surface area (Å²) in [7, 11) is -1.23. The van der Waals surface area contributed by atoms with Crippen molar-refractivity contribution in [2.45, 2.75) is 30.8 Å². The maximum absolute atomic E-state index is 11.2. The van der Waals surface area contributed by atoms with Crippen LogP contribution in [0.5, 0.6) is 0 Å². The van der Waals surface area contributed by atoms with Crippen molar-refractivity contribution in [3.05, 3.63) is 41.2 Å². The van der Waals surface area contributed by atoms with E-state index < -0.39 is 16.9 Å². The second-order valence-corrected chi connectivity index (χ2v) is 6.59. The van der Waals surface area contributed by atoms with Gasteiger partial charge in [0.05, 0.1) is 36.2 Å². The molecule has 0 saturated heterocycles. The standard InChI is InChI=1S/C14H18ClN3O3S/c1-10(11-3-5-12(15)6-4-11)21-8-13(19)7-18-9-16-14(17-18)22(2)20/h3-6,9-10,13,19H,7-8H2,1-2H3. The summed E-state index contributed by atoms with van der Waals surface area (Å²) in [6.45, 7) is 2.30. The molecule has 0 aliphatic carbocycles. The number of hydrogen-bond donors (Lipinski definition) is 1. The summed E-state index contributed by atoms with van der Waals surface area (Å²) < 4.78 is 18.3. The van der Waals surface area contributed by atoms with Gasteiger partial charge in [-0.05, 0) is 24.6 Å². The number of aliphatic hydroxyl groups is 1. The van der Waals surface area contributed by atoms with Crippen molar-refractivity contribution in [1.82, 2.24) is 14.8 Å². The van der Waals surface area contributed by atoms with Gasteiger partial charge in [-0.15, -0.1) is 5.10 Å². The maximum Gasteiger partial charge on any atom is 0.238 e. The minimum Gasteiger partial charge on any atom is -0.389 e. The van der Waals surface area contributed by atoms with Crippen molar-refractivity contribution in [1.29, 1.82) is 0 Å². The minimum absolute atomic E-state index is 0.152. The Morgan fingerprint density at radius 3 is 2.68 bits per heavy atom. The van der Waals surface area contributed by atoms with Crippen LogP contribution in [0.1, 0.15) is 18.6 Å². The molecule has 1 aromatic heterocycles. The van der Waals surface area contributed by atoms with Gasteiger partial charge in [0.15, 0.2) is 0 Å². The van der Waals surface area contributed by atoms with Crippen molar-refractivity contribution in [2.75, 3.05) is 12.9 Å². The summed E-state index contributed by atoms with van der Waals surface area (Å²) in [5, 5.41) is 14.9. The van der Waals surface area contributed by atoms with Crippen LogP contribution >= 0.6 is 11.6 Å². The molecule has 6 nitrogen and oxygen atoms in total. The Hall–Kier alpha value is -1.28. The first-order chi connectivity index (χ1) is 10.5. The molecule has 1 N–H and O–H groups in total. The number of halogens is 1. The molecule has 0 radical (unpaired) electrons. The lowest BCUT2D eigenvalue weighted by atomic mass is 10.1. The van der Waals surface area contributed by atoms with E-state index in [0.717, 1.165) is 5.56 Å². The Morgan fingerprint density at radius 1 is 1.41 bits per heavy atom. The highest BCUT2D eigenvalue weighted by atomic mass is 35.5. The van der Waals surface area contributed by atoms with Crippen LogP contribution < -0.4 is 0 Å². The van der Waals surface area contributed by atoms with Gasteiger partial charge in [0, 0.05) is 11.3 Å². The average molecular weight is 344 g/mol. The van der Waals surface area contributed by atoms with Crippen LogP contribution in [0.15, 0.2) is 35.7 Å². The quantitative estimate of drug-likeness (QED) is 0.829. The van der Waals surface area contributed by atoms with E-state index in [1.807, 2.05) is 19.1 Å². The molecule has 0 aliphatic heterocycles. The van der Waals surface area contributed by atoms with Gasteiger partial charge in [0.1, 0.15) is 6.33 Å². The molecule has 1 heterocycles. The van der Waals surface area contributed by atoms with Gasteiger partial charge in [-0.25, -0.2) is 9.67 Å². The fourth-order valence-electron chi connectivity index (χ4n) is 1.85. The fraction of sp³-hybridized carbons (Fsp3) is 0.429. The first-order valence-corrected chi connectivity index (χ1v) is 8.67. The predicted octanol–water partition coefficient (Wildman–Crippen LogP) is 1.81. The summed E-state index contributed by atoms with van der Waals surface area (Å²) in [5.74, 6) is 0. The molecule has 1 aromatic carbocycles. The fourth-order valence-corrected chi connectivity index (χ4v) is 2.39. The zero-order chi connectivity index (χ0) is 16.1. The zero-order valence-corrected chi connectivity index (χ0v) is 13.9. The number of benzene rings is 1. The number of aliphatic hydroxyl groups excluding tert-OH is 1. The Balaban J connectivity index is 1.82. The zero-order valence-electron chi connectivity index (χ0n) is 12.3. The Labute approximate surface area is 136 Å². The molecular weight excluding hydrogens is 326 g/mol. The van der Waals surface area contributed by atoms with E-state index in [1.54, 1.807) is 12.1 Å². The Bertz CT molecular complexity index is 633. The first kappa shape index (κ1) is 17.1. The third kappa shape index (κ3) is 4.88. The highest BCUT2D eigenvalue weighted by Crippen LogP contribution is 2.19. The van der Waals surface area contributed by atoms with Crippen LogP contribution in [-0.2, 0) is 22.1 Å². The molecule has 0 amide bonds. The predicted molar refractivity (Wildman–Crippen MR) is 84.2 cm³/mol. The van der Waals surface area contributed by atoms with Crippen LogP contribution in [0.4, 0.5) is 0 Å². The van der Waals surface area contributed by atoms with Crippen LogP contribution in [0.2, 0.25) is 5.02 Å². The molecule has 120 valence electrons. The monoisotopic (exact) mass is 343 g/mol. The summed E-state index contributed by atoms with van der Waals surface area (Å²) >= 11 is 5.84. The number of aromatic nitrogens is 3. The Kier molecular flexibility index (Phi) is 6.07. The van der Waals surface area contributed by atoms with E-state index in [2.05, 4.69) is 10.1 Å². The van der Waals surface area contributed by atoms with Gasteiger partial charge in [0.2, 0.25) is 5.16 Å². The lowest BCUT2D eigenvalue weighted by Crippen LogP contribution is -2.23. The molecule has 3 unspecified atom stereocenters. The lowest BCUT2D eigenvalue weighted by Gasteiger charge is -2.16. The second-order valence-electron chi connectivity index (χ2n) is 4.88. The maximum atomic E-state index is 11.2. The minimum atomic E-state index is -1.23. The third-order valence-electron chi connectivity index (χ3n) is 3.05. The van der Waals surface area contributed by atoms with Crippen LogP contribution in [-0.4, -0.2) is 43.0 Å². The van der Waals surface area contributed by atoms with Crippen molar-refractivity contribution in [2.24, 2.45) is 0 Å². The van der Waals surface area contributed by atoms with E-state index in [-0.39, 0.29) is 24.4 Å². The largest absolute Gasteiger partial charge is 0.389 e. The van der Waals surface area contributed by atoms with E-state index in [1.165, 1.54) is 17.3 Å². The molecule has 0 fully saturated rings. The Morgan fingerprint density at radius 2 is 2.09 bits per heavy atom. The smallest absolute Gasteiger partial charge is 0.238 e. The van der Waals surface area contributed by atoms with Gasteiger partial charge < -0.3 is 9.84 Å². The third-order valence-corrected chi connectivity index (χ3v) is 4.00. The molecule has 0 aliphatic rings. The summed E-state index contributed by atoms with van der Waals surface area (Å²) in [6, 6.07) is 7.38. The van der Waals surface area contributed by atoms with Crippen molar-refractivity contribution < 1.29 is 14.1 Å². The van der Waals surface area contributed by atoms with Crippen LogP contribution in [0.3, 0.4) is 0 Å². The molecular formula is C14H18ClN3O3S. The van der Waals surface area contributed by atoms with E-state index in [0.29, 0.717) is 5.02 Å². The van der Waals surface area contributed by atoms with Gasteiger partial charge >= 0.3 is 0 Å². The number of rotatable bonds is 7. The van der Waals surface area contributed by atoms with E-state index >= 15 is 0 Å². The summed E-state index contributed by atoms with van der Waals surface area (Å²) in [5.41, 5.74) is 0.987. The molecule has 2 rings (SSSR count). The molecule has 0 spiro atoms. The molecule has 0 saturated carbocycles. The average Bonchev–Trinajstić information content (AvgIpc) is 2.94. The lowest BCUT2D eigenvalue weighted by molar-refractivity contribution is -0.0101. The second kappa shape index (κ2) is 7.82. The summed E-state index contributed by atoms with van der Waals surface area (Å²) in [4.78, 5) is 3.91. The molecule has 22 heavy (non-hydrogen) atoms. The van der Waals surface area contributed by atoms with E-state index in [4.69, 9.17) is 16.3 Å². The number of ether oxygens (including phenoxy) is 1. The van der Waals surface area contributed by atoms with Crippen molar-refractivity contribution in [3.8, 4) is 0 Å². The van der Waals surface area contributed by atoms with Crippen LogP contribution in [0.25, 0.3) is 0 Å². The normalized spacial score (nSPS) is 15.5. The highest BCUT2D eigenvalue weighted by Gasteiger charge is 2.12. The topological polar surface area (TPSA) is 77.2 Å². The molecule has 3 atom stereocenters. The van der Waals surface area contributed by atoms with Gasteiger partial charge in [-0.1, -0.05) is 23.7 Å². The molecule has 8 heteroatoms. The summed E-state index contributed by atoms with van der Waals surface area (Å²) in [6.07, 6.45) is 2.08. The van der Waals surface area contributed by atoms with Crippen molar-refractivity contribution in [3.63, 3.8) is 0 Å². The van der Waals surface area contributed by atoms with E-state index in [9.17, 15) is 9.32 Å². The number of hydrogen-bond acceptors (Lipinski definition) is 5. The van der Waals surface area contributed by atoms with Gasteiger partial charge in [0.25, 0.3) is 0 Å². The van der Waals surface area contributed by atoms with Crippen molar-refractivity contribution >= 4 is 22.4 Å².